The quantitative estimate of drug-likeness (QED) is 0.910. The van der Waals surface area contributed by atoms with Gasteiger partial charge in [0.25, 0.3) is 0 Å². The molecule has 19 heavy (non-hydrogen) atoms. The number of rotatable bonds is 4. The van der Waals surface area contributed by atoms with Crippen molar-refractivity contribution in [3.63, 3.8) is 0 Å². The van der Waals surface area contributed by atoms with Gasteiger partial charge in [-0.25, -0.2) is 4.39 Å². The van der Waals surface area contributed by atoms with Gasteiger partial charge < -0.3 is 10.0 Å². The summed E-state index contributed by atoms with van der Waals surface area (Å²) in [7, 11) is 0. The van der Waals surface area contributed by atoms with Crippen molar-refractivity contribution in [1.29, 1.82) is 0 Å². The molecule has 0 saturated carbocycles. The van der Waals surface area contributed by atoms with E-state index in [1.165, 1.54) is 12.1 Å². The number of hydrogen-bond acceptors (Lipinski definition) is 2. The molecule has 0 amide bonds. The smallest absolute Gasteiger partial charge is 0.125 e. The highest BCUT2D eigenvalue weighted by atomic mass is 35.5. The van der Waals surface area contributed by atoms with Crippen molar-refractivity contribution in [3.05, 3.63) is 58.9 Å². The van der Waals surface area contributed by atoms with Crippen LogP contribution in [0.15, 0.2) is 42.5 Å². The highest BCUT2D eigenvalue weighted by Crippen LogP contribution is 2.32. The van der Waals surface area contributed by atoms with Crippen LogP contribution >= 0.6 is 11.6 Å². The SMILES string of the molecule is CCN(c1cccc(F)c1)c1ccc(CO)cc1Cl. The van der Waals surface area contributed by atoms with Gasteiger partial charge in [-0.2, -0.15) is 0 Å². The molecule has 0 aromatic heterocycles. The van der Waals surface area contributed by atoms with E-state index >= 15 is 0 Å². The van der Waals surface area contributed by atoms with E-state index in [0.29, 0.717) is 11.6 Å². The second-order valence-electron chi connectivity index (χ2n) is 4.17. The molecular formula is C15H15ClFNO. The molecule has 0 fully saturated rings. The Hall–Kier alpha value is -1.58. The highest BCUT2D eigenvalue weighted by Gasteiger charge is 2.12. The van der Waals surface area contributed by atoms with Crippen LogP contribution in [0.2, 0.25) is 5.02 Å². The first kappa shape index (κ1) is 13.8. The Morgan fingerprint density at radius 1 is 1.21 bits per heavy atom. The molecule has 0 radical (unpaired) electrons. The number of aliphatic hydroxyl groups excluding tert-OH is 1. The maximum absolute atomic E-state index is 13.3. The van der Waals surface area contributed by atoms with Crippen LogP contribution in [0.1, 0.15) is 12.5 Å². The molecule has 1 N–H and O–H groups in total. The third-order valence-electron chi connectivity index (χ3n) is 2.92. The molecule has 100 valence electrons. The Labute approximate surface area is 117 Å². The molecule has 0 aliphatic rings. The first-order valence-corrected chi connectivity index (χ1v) is 6.46. The van der Waals surface area contributed by atoms with Gasteiger partial charge in [-0.3, -0.25) is 0 Å². The van der Waals surface area contributed by atoms with Gasteiger partial charge in [-0.1, -0.05) is 23.7 Å². The second-order valence-corrected chi connectivity index (χ2v) is 4.58. The summed E-state index contributed by atoms with van der Waals surface area (Å²) in [5.74, 6) is -0.279. The minimum Gasteiger partial charge on any atom is -0.392 e. The average molecular weight is 280 g/mol. The number of hydrogen-bond donors (Lipinski definition) is 1. The fourth-order valence-corrected chi connectivity index (χ4v) is 2.31. The van der Waals surface area contributed by atoms with E-state index in [2.05, 4.69) is 0 Å². The summed E-state index contributed by atoms with van der Waals surface area (Å²) in [6.07, 6.45) is 0. The van der Waals surface area contributed by atoms with Crippen molar-refractivity contribution in [2.45, 2.75) is 13.5 Å². The fraction of sp³-hybridized carbons (Fsp3) is 0.200. The molecule has 2 rings (SSSR count). The first-order chi connectivity index (χ1) is 9.15. The van der Waals surface area contributed by atoms with Crippen LogP contribution in [0.25, 0.3) is 0 Å². The standard InChI is InChI=1S/C15H15ClFNO/c1-2-18(13-5-3-4-12(17)9-13)15-7-6-11(10-19)8-14(15)16/h3-9,19H,2,10H2,1H3. The van der Waals surface area contributed by atoms with Crippen LogP contribution in [0.3, 0.4) is 0 Å². The highest BCUT2D eigenvalue weighted by molar-refractivity contribution is 6.33. The minimum absolute atomic E-state index is 0.0495. The van der Waals surface area contributed by atoms with Crippen LogP contribution in [0.5, 0.6) is 0 Å². The van der Waals surface area contributed by atoms with Gasteiger partial charge in [-0.05, 0) is 42.8 Å². The van der Waals surface area contributed by atoms with Crippen molar-refractivity contribution >= 4 is 23.0 Å². The third kappa shape index (κ3) is 3.06. The number of halogens is 2. The molecule has 0 aliphatic carbocycles. The van der Waals surface area contributed by atoms with Gasteiger partial charge in [0, 0.05) is 12.2 Å². The van der Waals surface area contributed by atoms with Crippen molar-refractivity contribution in [3.8, 4) is 0 Å². The van der Waals surface area contributed by atoms with E-state index in [1.54, 1.807) is 12.1 Å². The Morgan fingerprint density at radius 2 is 2.00 bits per heavy atom. The van der Waals surface area contributed by atoms with E-state index in [-0.39, 0.29) is 12.4 Å². The number of benzene rings is 2. The lowest BCUT2D eigenvalue weighted by atomic mass is 10.2. The number of anilines is 2. The van der Waals surface area contributed by atoms with E-state index < -0.39 is 0 Å². The summed E-state index contributed by atoms with van der Waals surface area (Å²) in [4.78, 5) is 1.92. The topological polar surface area (TPSA) is 23.5 Å². The van der Waals surface area contributed by atoms with E-state index in [4.69, 9.17) is 16.7 Å². The summed E-state index contributed by atoms with van der Waals surface area (Å²) < 4.78 is 13.3. The fourth-order valence-electron chi connectivity index (χ4n) is 2.00. The summed E-state index contributed by atoms with van der Waals surface area (Å²) in [6.45, 7) is 2.59. The predicted octanol–water partition coefficient (Wildman–Crippen LogP) is 4.13. The largest absolute Gasteiger partial charge is 0.392 e. The van der Waals surface area contributed by atoms with E-state index in [0.717, 1.165) is 16.9 Å². The normalized spacial score (nSPS) is 10.5. The summed E-state index contributed by atoms with van der Waals surface area (Å²) >= 11 is 6.22. The van der Waals surface area contributed by atoms with E-state index in [1.807, 2.05) is 30.0 Å². The average Bonchev–Trinajstić information content (AvgIpc) is 2.41. The van der Waals surface area contributed by atoms with Crippen LogP contribution in [0.4, 0.5) is 15.8 Å². The monoisotopic (exact) mass is 279 g/mol. The molecule has 0 atom stereocenters. The summed E-state index contributed by atoms with van der Waals surface area (Å²) in [5, 5.41) is 9.62. The predicted molar refractivity (Wildman–Crippen MR) is 76.5 cm³/mol. The molecular weight excluding hydrogens is 265 g/mol. The maximum atomic E-state index is 13.3. The van der Waals surface area contributed by atoms with Crippen LogP contribution < -0.4 is 4.90 Å². The molecule has 0 saturated heterocycles. The van der Waals surface area contributed by atoms with Gasteiger partial charge in [0.15, 0.2) is 0 Å². The lowest BCUT2D eigenvalue weighted by Gasteiger charge is -2.24. The molecule has 0 aliphatic heterocycles. The minimum atomic E-state index is -0.279. The van der Waals surface area contributed by atoms with Crippen molar-refractivity contribution in [1.82, 2.24) is 0 Å². The number of nitrogens with zero attached hydrogens (tertiary/aromatic N) is 1. The van der Waals surface area contributed by atoms with Crippen LogP contribution in [-0.4, -0.2) is 11.7 Å². The van der Waals surface area contributed by atoms with Crippen LogP contribution in [-0.2, 0) is 6.61 Å². The number of aliphatic hydroxyl groups is 1. The molecule has 0 unspecified atom stereocenters. The van der Waals surface area contributed by atoms with Crippen molar-refractivity contribution in [2.24, 2.45) is 0 Å². The lowest BCUT2D eigenvalue weighted by Crippen LogP contribution is -2.16. The van der Waals surface area contributed by atoms with Crippen molar-refractivity contribution < 1.29 is 9.50 Å². The van der Waals surface area contributed by atoms with Crippen molar-refractivity contribution in [2.75, 3.05) is 11.4 Å². The van der Waals surface area contributed by atoms with E-state index in [9.17, 15) is 4.39 Å². The van der Waals surface area contributed by atoms with Crippen LogP contribution in [0, 0.1) is 5.82 Å². The molecule has 0 heterocycles. The Bertz CT molecular complexity index is 574. The molecule has 0 spiro atoms. The molecule has 2 aromatic rings. The molecule has 2 nitrogen and oxygen atoms in total. The Kier molecular flexibility index (Phi) is 4.40. The summed E-state index contributed by atoms with van der Waals surface area (Å²) in [5.41, 5.74) is 2.30. The Balaban J connectivity index is 2.42. The van der Waals surface area contributed by atoms with Gasteiger partial charge in [-0.15, -0.1) is 0 Å². The second kappa shape index (κ2) is 6.04. The summed E-state index contributed by atoms with van der Waals surface area (Å²) in [6, 6.07) is 11.8. The van der Waals surface area contributed by atoms with Gasteiger partial charge in [0.05, 0.1) is 17.3 Å². The third-order valence-corrected chi connectivity index (χ3v) is 3.22. The molecule has 0 bridgehead atoms. The zero-order chi connectivity index (χ0) is 13.8. The zero-order valence-electron chi connectivity index (χ0n) is 10.6. The van der Waals surface area contributed by atoms with Gasteiger partial charge in [0.2, 0.25) is 0 Å². The molecule has 2 aromatic carbocycles. The Morgan fingerprint density at radius 3 is 2.58 bits per heavy atom. The maximum Gasteiger partial charge on any atom is 0.125 e. The van der Waals surface area contributed by atoms with Gasteiger partial charge in [0.1, 0.15) is 5.82 Å². The van der Waals surface area contributed by atoms with Gasteiger partial charge >= 0.3 is 0 Å². The zero-order valence-corrected chi connectivity index (χ0v) is 11.4. The first-order valence-electron chi connectivity index (χ1n) is 6.08. The lowest BCUT2D eigenvalue weighted by molar-refractivity contribution is 0.282. The molecule has 4 heteroatoms.